The van der Waals surface area contributed by atoms with Gasteiger partial charge in [0, 0.05) is 41.7 Å². The Balaban J connectivity index is 1.30. The number of halogens is 1. The van der Waals surface area contributed by atoms with Gasteiger partial charge in [0.05, 0.1) is 12.1 Å². The first-order chi connectivity index (χ1) is 19.2. The molecule has 1 saturated carbocycles. The van der Waals surface area contributed by atoms with Gasteiger partial charge in [-0.05, 0) is 65.5 Å². The van der Waals surface area contributed by atoms with Gasteiger partial charge in [0.25, 0.3) is 0 Å². The van der Waals surface area contributed by atoms with Gasteiger partial charge in [-0.3, -0.25) is 19.1 Å². The maximum Gasteiger partial charge on any atom is 0.248 e. The number of rotatable bonds is 7. The van der Waals surface area contributed by atoms with Crippen LogP contribution >= 0.6 is 15.9 Å². The fraction of sp³-hybridized carbons (Fsp3) is 0.321. The monoisotopic (exact) mass is 603 g/mol. The summed E-state index contributed by atoms with van der Waals surface area (Å²) in [5, 5.41) is 18.0. The van der Waals surface area contributed by atoms with Crippen molar-refractivity contribution in [3.05, 3.63) is 64.9 Å². The van der Waals surface area contributed by atoms with Crippen molar-refractivity contribution in [2.75, 3.05) is 11.9 Å². The second-order valence-corrected chi connectivity index (χ2v) is 11.2. The molecule has 4 heterocycles. The van der Waals surface area contributed by atoms with Crippen molar-refractivity contribution in [1.29, 1.82) is 0 Å². The summed E-state index contributed by atoms with van der Waals surface area (Å²) in [6, 6.07) is 9.71. The van der Waals surface area contributed by atoms with E-state index in [1.165, 1.54) is 11.6 Å². The first-order valence-electron chi connectivity index (χ1n) is 12.8. The molecule has 1 unspecified atom stereocenters. The van der Waals surface area contributed by atoms with Gasteiger partial charge >= 0.3 is 0 Å². The normalized spacial score (nSPS) is 21.4. The molecule has 2 fully saturated rings. The van der Waals surface area contributed by atoms with E-state index >= 15 is 0 Å². The minimum Gasteiger partial charge on any atom is -0.396 e. The fourth-order valence-corrected chi connectivity index (χ4v) is 5.96. The lowest BCUT2D eigenvalue weighted by Gasteiger charge is -2.26. The summed E-state index contributed by atoms with van der Waals surface area (Å²) in [5.74, 6) is 0.122. The van der Waals surface area contributed by atoms with Crippen LogP contribution < -0.4 is 5.32 Å². The number of carbonyl (C=O) groups is 3. The highest BCUT2D eigenvalue weighted by Crippen LogP contribution is 2.59. The Hall–Kier alpha value is -4.03. The number of hydrogen-bond donors (Lipinski definition) is 2. The van der Waals surface area contributed by atoms with Crippen molar-refractivity contribution in [2.45, 2.75) is 45.3 Å². The summed E-state index contributed by atoms with van der Waals surface area (Å²) in [5.41, 5.74) is 2.02. The molecule has 1 aliphatic carbocycles. The van der Waals surface area contributed by atoms with Crippen LogP contribution in [0.2, 0.25) is 0 Å². The highest BCUT2D eigenvalue weighted by atomic mass is 79.9. The molecular weight excluding hydrogens is 578 g/mol. The van der Waals surface area contributed by atoms with Gasteiger partial charge in [-0.25, -0.2) is 15.0 Å². The van der Waals surface area contributed by atoms with Crippen LogP contribution in [0.1, 0.15) is 36.1 Å². The maximum absolute atomic E-state index is 13.8. The molecule has 2 N–H and O–H groups in total. The number of aliphatic hydroxyl groups excluding tert-OH is 1. The van der Waals surface area contributed by atoms with E-state index in [4.69, 9.17) is 0 Å². The lowest BCUT2D eigenvalue weighted by molar-refractivity contribution is -0.138. The highest BCUT2D eigenvalue weighted by Gasteiger charge is 2.66. The number of amides is 2. The first kappa shape index (κ1) is 26.2. The maximum atomic E-state index is 13.8. The van der Waals surface area contributed by atoms with Crippen molar-refractivity contribution in [1.82, 2.24) is 29.6 Å². The number of hydrogen-bond acceptors (Lipinski definition) is 8. The molecule has 3 atom stereocenters. The predicted octanol–water partition coefficient (Wildman–Crippen LogP) is 3.15. The number of nitrogens with one attached hydrogen (secondary N) is 1. The summed E-state index contributed by atoms with van der Waals surface area (Å²) in [7, 11) is 0. The summed E-state index contributed by atoms with van der Waals surface area (Å²) < 4.78 is 2.08. The number of ketones is 1. The highest BCUT2D eigenvalue weighted by molar-refractivity contribution is 9.10. The Morgan fingerprint density at radius 1 is 1.12 bits per heavy atom. The number of likely N-dealkylation sites (tertiary alicyclic amines) is 1. The summed E-state index contributed by atoms with van der Waals surface area (Å²) in [6.45, 7) is 2.98. The Bertz CT molecular complexity index is 1670. The van der Waals surface area contributed by atoms with E-state index in [1.54, 1.807) is 42.4 Å². The van der Waals surface area contributed by atoms with Crippen LogP contribution in [-0.4, -0.2) is 71.0 Å². The average molecular weight is 604 g/mol. The SMILES string of the molecule is CC(=O)c1nn(CC(=O)N2[C@H](C(=O)Nc3cccc(Br)n3)CC3(CO)C[C@@H]23)c2ccc(-c3cnc(C)nc3)cc12. The van der Waals surface area contributed by atoms with E-state index in [1.807, 2.05) is 18.2 Å². The lowest BCUT2D eigenvalue weighted by atomic mass is 10.0. The Kier molecular flexibility index (Phi) is 6.46. The first-order valence-corrected chi connectivity index (χ1v) is 13.6. The molecule has 2 aliphatic rings. The molecular formula is C28H26BrN7O4. The zero-order chi connectivity index (χ0) is 28.2. The van der Waals surface area contributed by atoms with Gasteiger partial charge in [-0.15, -0.1) is 0 Å². The van der Waals surface area contributed by atoms with Gasteiger partial charge in [-0.1, -0.05) is 12.1 Å². The largest absolute Gasteiger partial charge is 0.396 e. The van der Waals surface area contributed by atoms with E-state index in [-0.39, 0.29) is 42.5 Å². The second kappa shape index (κ2) is 9.86. The number of piperidine rings is 1. The molecule has 6 rings (SSSR count). The number of pyridine rings is 1. The predicted molar refractivity (Wildman–Crippen MR) is 149 cm³/mol. The Morgan fingerprint density at radius 3 is 2.60 bits per heavy atom. The van der Waals surface area contributed by atoms with Crippen molar-refractivity contribution >= 4 is 50.2 Å². The van der Waals surface area contributed by atoms with Gasteiger partial charge in [0.2, 0.25) is 11.8 Å². The van der Waals surface area contributed by atoms with E-state index in [0.717, 1.165) is 11.1 Å². The van der Waals surface area contributed by atoms with Gasteiger partial charge in [0.15, 0.2) is 5.78 Å². The molecule has 0 bridgehead atoms. The third-order valence-electron chi connectivity index (χ3n) is 7.77. The molecule has 12 heteroatoms. The number of anilines is 1. The standard InChI is InChI=1S/C28H26BrN7O4/c1-15(38)26-19-8-17(18-11-30-16(2)31-12-18)6-7-20(19)35(34-26)13-25(39)36-21(9-28(14-37)10-22(28)36)27(40)33-24-5-3-4-23(29)32-24/h3-8,11-12,21-22,37H,9-10,13-14H2,1-2H3,(H,32,33,40)/t21-,22+,28?/m0/s1. The Morgan fingerprint density at radius 2 is 1.90 bits per heavy atom. The molecule has 3 aromatic heterocycles. The smallest absolute Gasteiger partial charge is 0.248 e. The number of carbonyl (C=O) groups excluding carboxylic acids is 3. The lowest BCUT2D eigenvalue weighted by Crippen LogP contribution is -2.46. The van der Waals surface area contributed by atoms with Crippen LogP contribution in [0.25, 0.3) is 22.0 Å². The molecule has 1 aliphatic heterocycles. The number of fused-ring (bicyclic) bond motifs is 2. The van der Waals surface area contributed by atoms with E-state index < -0.39 is 11.5 Å². The molecule has 0 spiro atoms. The average Bonchev–Trinajstić information content (AvgIpc) is 3.36. The minimum absolute atomic E-state index is 0.106. The number of benzene rings is 1. The van der Waals surface area contributed by atoms with Crippen LogP contribution in [0.4, 0.5) is 5.82 Å². The molecule has 11 nitrogen and oxygen atoms in total. The zero-order valence-corrected chi connectivity index (χ0v) is 23.4. The van der Waals surface area contributed by atoms with Crippen molar-refractivity contribution < 1.29 is 19.5 Å². The van der Waals surface area contributed by atoms with Gasteiger partial charge in [-0.2, -0.15) is 5.10 Å². The van der Waals surface area contributed by atoms with Crippen molar-refractivity contribution in [3.8, 4) is 11.1 Å². The quantitative estimate of drug-likeness (QED) is 0.242. The minimum atomic E-state index is -0.763. The van der Waals surface area contributed by atoms with Gasteiger partial charge in [0.1, 0.15) is 34.5 Å². The topological polar surface area (TPSA) is 143 Å². The summed E-state index contributed by atoms with van der Waals surface area (Å²) in [4.78, 5) is 53.9. The number of aromatic nitrogens is 5. The van der Waals surface area contributed by atoms with Crippen LogP contribution in [0.15, 0.2) is 53.4 Å². The second-order valence-electron chi connectivity index (χ2n) is 10.4. The molecule has 204 valence electrons. The number of nitrogens with zero attached hydrogens (tertiary/aromatic N) is 6. The number of aryl methyl sites for hydroxylation is 1. The molecule has 0 radical (unpaired) electrons. The van der Waals surface area contributed by atoms with E-state index in [9.17, 15) is 19.5 Å². The fourth-order valence-electron chi connectivity index (χ4n) is 5.62. The summed E-state index contributed by atoms with van der Waals surface area (Å²) >= 11 is 3.30. The molecule has 4 aromatic rings. The van der Waals surface area contributed by atoms with Crippen LogP contribution in [0.3, 0.4) is 0 Å². The third-order valence-corrected chi connectivity index (χ3v) is 8.21. The van der Waals surface area contributed by atoms with E-state index in [2.05, 4.69) is 41.3 Å². The summed E-state index contributed by atoms with van der Waals surface area (Å²) in [6.07, 6.45) is 4.43. The number of aliphatic hydroxyl groups is 1. The van der Waals surface area contributed by atoms with E-state index in [0.29, 0.717) is 40.0 Å². The molecule has 1 aromatic carbocycles. The van der Waals surface area contributed by atoms with Crippen LogP contribution in [0, 0.1) is 12.3 Å². The van der Waals surface area contributed by atoms with Gasteiger partial charge < -0.3 is 15.3 Å². The molecule has 2 amide bonds. The number of Topliss-reactive ketones (excluding diaryl/α,β-unsaturated/α-hetero) is 1. The Labute approximate surface area is 237 Å². The molecule has 40 heavy (non-hydrogen) atoms. The van der Waals surface area contributed by atoms with Crippen LogP contribution in [-0.2, 0) is 16.1 Å². The van der Waals surface area contributed by atoms with Crippen molar-refractivity contribution in [2.24, 2.45) is 5.41 Å². The zero-order valence-electron chi connectivity index (χ0n) is 21.8. The van der Waals surface area contributed by atoms with Crippen LogP contribution in [0.5, 0.6) is 0 Å². The third kappa shape index (κ3) is 4.56. The van der Waals surface area contributed by atoms with Crippen molar-refractivity contribution in [3.63, 3.8) is 0 Å². The molecule has 1 saturated heterocycles.